The molecule has 1 N–H and O–H groups in total. The summed E-state index contributed by atoms with van der Waals surface area (Å²) in [6, 6.07) is 3.59. The maximum atomic E-state index is 5.62. The van der Waals surface area contributed by atoms with Gasteiger partial charge in [-0.3, -0.25) is 0 Å². The second kappa shape index (κ2) is 6.51. The van der Waals surface area contributed by atoms with Gasteiger partial charge in [0.15, 0.2) is 5.22 Å². The lowest BCUT2D eigenvalue weighted by Crippen LogP contribution is -2.15. The third-order valence-corrected chi connectivity index (χ3v) is 1.86. The first-order valence-corrected chi connectivity index (χ1v) is 4.88. The number of hydrogen-bond donors (Lipinski definition) is 1. The molecule has 1 aromatic heterocycles. The molecule has 0 radical (unpaired) electrons. The molecule has 0 bridgehead atoms. The Morgan fingerprint density at radius 1 is 1.57 bits per heavy atom. The number of nitrogens with one attached hydrogen (secondary N) is 1. The van der Waals surface area contributed by atoms with Crippen molar-refractivity contribution in [3.8, 4) is 0 Å². The van der Waals surface area contributed by atoms with Crippen molar-refractivity contribution in [3.05, 3.63) is 36.0 Å². The van der Waals surface area contributed by atoms with Crippen molar-refractivity contribution in [1.82, 2.24) is 5.32 Å². The van der Waals surface area contributed by atoms with Crippen molar-refractivity contribution in [2.75, 3.05) is 13.2 Å². The van der Waals surface area contributed by atoms with Crippen LogP contribution in [-0.4, -0.2) is 13.2 Å². The van der Waals surface area contributed by atoms with Gasteiger partial charge >= 0.3 is 0 Å². The van der Waals surface area contributed by atoms with Gasteiger partial charge in [0.2, 0.25) is 0 Å². The van der Waals surface area contributed by atoms with Gasteiger partial charge < -0.3 is 14.5 Å². The minimum absolute atomic E-state index is 0.428. The van der Waals surface area contributed by atoms with Crippen LogP contribution in [0.1, 0.15) is 12.2 Å². The maximum absolute atomic E-state index is 5.62. The second-order valence-corrected chi connectivity index (χ2v) is 3.15. The molecule has 0 spiro atoms. The lowest BCUT2D eigenvalue weighted by atomic mass is 10.4. The standard InChI is InChI=1S/C10H14ClNO2/c1-2-13-7-3-6-12-8-9-4-5-10(11)14-9/h2,4-5,12H,1,3,6-8H2. The summed E-state index contributed by atoms with van der Waals surface area (Å²) in [5.74, 6) is 0.847. The third kappa shape index (κ3) is 4.35. The first kappa shape index (κ1) is 11.1. The van der Waals surface area contributed by atoms with Crippen molar-refractivity contribution in [2.24, 2.45) is 0 Å². The number of hydrogen-bond acceptors (Lipinski definition) is 3. The largest absolute Gasteiger partial charge is 0.502 e. The third-order valence-electron chi connectivity index (χ3n) is 1.66. The van der Waals surface area contributed by atoms with E-state index < -0.39 is 0 Å². The minimum atomic E-state index is 0.428. The Bertz CT molecular complexity index is 273. The molecule has 0 aliphatic carbocycles. The molecule has 0 atom stereocenters. The SMILES string of the molecule is C=COCCCNCc1ccc(Cl)o1. The fraction of sp³-hybridized carbons (Fsp3) is 0.400. The molecule has 0 aliphatic rings. The Kier molecular flexibility index (Phi) is 5.19. The predicted octanol–water partition coefficient (Wildman–Crippen LogP) is 2.57. The summed E-state index contributed by atoms with van der Waals surface area (Å²) < 4.78 is 10.1. The Morgan fingerprint density at radius 3 is 3.07 bits per heavy atom. The van der Waals surface area contributed by atoms with Crippen LogP contribution in [0, 0.1) is 0 Å². The fourth-order valence-corrected chi connectivity index (χ4v) is 1.18. The van der Waals surface area contributed by atoms with E-state index >= 15 is 0 Å². The summed E-state index contributed by atoms with van der Waals surface area (Å²) in [7, 11) is 0. The lowest BCUT2D eigenvalue weighted by molar-refractivity contribution is 0.244. The Morgan fingerprint density at radius 2 is 2.43 bits per heavy atom. The van der Waals surface area contributed by atoms with Gasteiger partial charge in [-0.1, -0.05) is 6.58 Å². The number of halogens is 1. The molecule has 0 aromatic carbocycles. The highest BCUT2D eigenvalue weighted by atomic mass is 35.5. The smallest absolute Gasteiger partial charge is 0.193 e. The monoisotopic (exact) mass is 215 g/mol. The predicted molar refractivity (Wildman–Crippen MR) is 56.2 cm³/mol. The van der Waals surface area contributed by atoms with Crippen molar-refractivity contribution in [3.63, 3.8) is 0 Å². The van der Waals surface area contributed by atoms with Crippen LogP contribution >= 0.6 is 11.6 Å². The highest BCUT2D eigenvalue weighted by Crippen LogP contribution is 2.12. The van der Waals surface area contributed by atoms with Gasteiger partial charge in [-0.25, -0.2) is 0 Å². The van der Waals surface area contributed by atoms with Gasteiger partial charge in [-0.2, -0.15) is 0 Å². The van der Waals surface area contributed by atoms with Gasteiger partial charge in [0, 0.05) is 0 Å². The molecule has 0 saturated carbocycles. The van der Waals surface area contributed by atoms with Crippen LogP contribution in [0.25, 0.3) is 0 Å². The zero-order valence-corrected chi connectivity index (χ0v) is 8.72. The molecule has 0 saturated heterocycles. The molecular weight excluding hydrogens is 202 g/mol. The van der Waals surface area contributed by atoms with E-state index in [0.29, 0.717) is 18.4 Å². The van der Waals surface area contributed by atoms with E-state index in [2.05, 4.69) is 11.9 Å². The van der Waals surface area contributed by atoms with E-state index in [1.54, 1.807) is 6.07 Å². The van der Waals surface area contributed by atoms with Crippen LogP contribution in [0.4, 0.5) is 0 Å². The molecular formula is C10H14ClNO2. The van der Waals surface area contributed by atoms with Crippen LogP contribution in [0.2, 0.25) is 5.22 Å². The molecule has 1 aromatic rings. The average molecular weight is 216 g/mol. The molecule has 78 valence electrons. The molecule has 1 rings (SSSR count). The normalized spacial score (nSPS) is 10.1. The average Bonchev–Trinajstić information content (AvgIpc) is 2.58. The molecule has 0 aliphatic heterocycles. The van der Waals surface area contributed by atoms with E-state index in [-0.39, 0.29) is 0 Å². The molecule has 14 heavy (non-hydrogen) atoms. The summed E-state index contributed by atoms with van der Waals surface area (Å²) in [4.78, 5) is 0. The van der Waals surface area contributed by atoms with E-state index in [1.807, 2.05) is 6.07 Å². The number of rotatable bonds is 7. The lowest BCUT2D eigenvalue weighted by Gasteiger charge is -2.02. The Labute approximate surface area is 88.7 Å². The van der Waals surface area contributed by atoms with Gasteiger partial charge in [0.1, 0.15) is 5.76 Å². The summed E-state index contributed by atoms with van der Waals surface area (Å²) >= 11 is 5.62. The van der Waals surface area contributed by atoms with E-state index in [4.69, 9.17) is 20.8 Å². The van der Waals surface area contributed by atoms with Crippen LogP contribution in [0.15, 0.2) is 29.4 Å². The Hall–Kier alpha value is -0.930. The van der Waals surface area contributed by atoms with E-state index in [1.165, 1.54) is 6.26 Å². The van der Waals surface area contributed by atoms with Crippen LogP contribution in [0.3, 0.4) is 0 Å². The van der Waals surface area contributed by atoms with Gasteiger partial charge in [0.05, 0.1) is 19.4 Å². The highest BCUT2D eigenvalue weighted by molar-refractivity contribution is 6.28. The topological polar surface area (TPSA) is 34.4 Å². The summed E-state index contributed by atoms with van der Waals surface area (Å²) in [6.45, 7) is 5.72. The van der Waals surface area contributed by atoms with Crippen molar-refractivity contribution in [1.29, 1.82) is 0 Å². The summed E-state index contributed by atoms with van der Waals surface area (Å²) in [6.07, 6.45) is 2.40. The first-order chi connectivity index (χ1) is 6.83. The molecule has 0 unspecified atom stereocenters. The van der Waals surface area contributed by atoms with Crippen molar-refractivity contribution in [2.45, 2.75) is 13.0 Å². The zero-order valence-electron chi connectivity index (χ0n) is 7.96. The molecule has 0 amide bonds. The van der Waals surface area contributed by atoms with Crippen molar-refractivity contribution >= 4 is 11.6 Å². The summed E-state index contributed by atoms with van der Waals surface area (Å²) in [5.41, 5.74) is 0. The molecule has 1 heterocycles. The van der Waals surface area contributed by atoms with Crippen LogP contribution in [-0.2, 0) is 11.3 Å². The fourth-order valence-electron chi connectivity index (χ4n) is 1.02. The Balaban J connectivity index is 2.01. The molecule has 4 heteroatoms. The van der Waals surface area contributed by atoms with Crippen LogP contribution in [0.5, 0.6) is 0 Å². The van der Waals surface area contributed by atoms with Gasteiger partial charge in [0.25, 0.3) is 0 Å². The van der Waals surface area contributed by atoms with Crippen LogP contribution < -0.4 is 5.32 Å². The minimum Gasteiger partial charge on any atom is -0.502 e. The molecule has 0 fully saturated rings. The van der Waals surface area contributed by atoms with Gasteiger partial charge in [-0.05, 0) is 36.7 Å². The first-order valence-electron chi connectivity index (χ1n) is 4.50. The maximum Gasteiger partial charge on any atom is 0.193 e. The quantitative estimate of drug-likeness (QED) is 0.561. The number of furan rings is 1. The molecule has 3 nitrogen and oxygen atoms in total. The van der Waals surface area contributed by atoms with E-state index in [0.717, 1.165) is 18.7 Å². The summed E-state index contributed by atoms with van der Waals surface area (Å²) in [5, 5.41) is 3.63. The van der Waals surface area contributed by atoms with Crippen molar-refractivity contribution < 1.29 is 9.15 Å². The second-order valence-electron chi connectivity index (χ2n) is 2.77. The zero-order chi connectivity index (χ0) is 10.2. The highest BCUT2D eigenvalue weighted by Gasteiger charge is 1.97. The van der Waals surface area contributed by atoms with Gasteiger partial charge in [-0.15, -0.1) is 0 Å². The number of ether oxygens (including phenoxy) is 1. The van der Waals surface area contributed by atoms with E-state index in [9.17, 15) is 0 Å².